The van der Waals surface area contributed by atoms with E-state index in [0.717, 1.165) is 24.4 Å². The van der Waals surface area contributed by atoms with Crippen molar-refractivity contribution in [2.24, 2.45) is 5.92 Å². The van der Waals surface area contributed by atoms with E-state index in [1.165, 1.54) is 45.2 Å². The summed E-state index contributed by atoms with van der Waals surface area (Å²) in [6, 6.07) is 2.39. The minimum Gasteiger partial charge on any atom is -0.396 e. The van der Waals surface area contributed by atoms with E-state index in [4.69, 9.17) is 5.11 Å². The van der Waals surface area contributed by atoms with Crippen LogP contribution in [0.4, 0.5) is 0 Å². The maximum atomic E-state index is 9.10. The molecule has 1 heterocycles. The third kappa shape index (κ3) is 2.76. The predicted molar refractivity (Wildman–Crippen MR) is 64.4 cm³/mol. The molecule has 0 bridgehead atoms. The molecule has 0 aromatic heterocycles. The van der Waals surface area contributed by atoms with Crippen molar-refractivity contribution in [3.63, 3.8) is 0 Å². The van der Waals surface area contributed by atoms with Crippen LogP contribution in [0.15, 0.2) is 0 Å². The van der Waals surface area contributed by atoms with E-state index in [9.17, 15) is 0 Å². The van der Waals surface area contributed by atoms with Crippen molar-refractivity contribution >= 4 is 0 Å². The van der Waals surface area contributed by atoms with Crippen LogP contribution in [0.25, 0.3) is 0 Å². The van der Waals surface area contributed by atoms with Crippen LogP contribution >= 0.6 is 0 Å². The van der Waals surface area contributed by atoms with Crippen molar-refractivity contribution < 1.29 is 5.11 Å². The zero-order valence-electron chi connectivity index (χ0n) is 10.1. The summed E-state index contributed by atoms with van der Waals surface area (Å²) in [5.41, 5.74) is 0. The van der Waals surface area contributed by atoms with Crippen LogP contribution in [0.3, 0.4) is 0 Å². The first-order valence-corrected chi connectivity index (χ1v) is 6.96. The van der Waals surface area contributed by atoms with Crippen molar-refractivity contribution in [2.75, 3.05) is 19.7 Å². The predicted octanol–water partition coefficient (Wildman–Crippen LogP) is 0.974. The van der Waals surface area contributed by atoms with Crippen molar-refractivity contribution in [3.05, 3.63) is 0 Å². The number of aliphatic hydroxyl groups excluding tert-OH is 1. The summed E-state index contributed by atoms with van der Waals surface area (Å²) in [6.45, 7) is 2.84. The van der Waals surface area contributed by atoms with Gasteiger partial charge in [0.05, 0.1) is 0 Å². The molecule has 92 valence electrons. The van der Waals surface area contributed by atoms with Gasteiger partial charge in [0.25, 0.3) is 0 Å². The molecule has 3 heteroatoms. The minimum absolute atomic E-state index is 0.360. The Kier molecular flexibility index (Phi) is 3.18. The minimum atomic E-state index is 0.360. The molecule has 3 nitrogen and oxygen atoms in total. The van der Waals surface area contributed by atoms with Crippen LogP contribution in [0.1, 0.15) is 38.5 Å². The SMILES string of the molecule is OCCC1CC(NC2CC2)CN(C2CC2)C1. The van der Waals surface area contributed by atoms with E-state index >= 15 is 0 Å². The van der Waals surface area contributed by atoms with Gasteiger partial charge < -0.3 is 10.4 Å². The van der Waals surface area contributed by atoms with E-state index in [1.807, 2.05) is 0 Å². The molecule has 1 aliphatic heterocycles. The molecule has 0 aromatic carbocycles. The van der Waals surface area contributed by atoms with Crippen LogP contribution in [0.2, 0.25) is 0 Å². The number of nitrogens with one attached hydrogen (secondary N) is 1. The molecule has 3 rings (SSSR count). The fourth-order valence-corrected chi connectivity index (χ4v) is 3.07. The maximum Gasteiger partial charge on any atom is 0.0434 e. The highest BCUT2D eigenvalue weighted by atomic mass is 16.3. The van der Waals surface area contributed by atoms with Gasteiger partial charge in [-0.2, -0.15) is 0 Å². The van der Waals surface area contributed by atoms with Gasteiger partial charge in [-0.15, -0.1) is 0 Å². The number of piperidine rings is 1. The number of hydrogen-bond acceptors (Lipinski definition) is 3. The summed E-state index contributed by atoms with van der Waals surface area (Å²) in [5, 5.41) is 12.9. The quantitative estimate of drug-likeness (QED) is 0.730. The zero-order chi connectivity index (χ0) is 11.0. The molecule has 16 heavy (non-hydrogen) atoms. The smallest absolute Gasteiger partial charge is 0.0434 e. The molecule has 1 saturated heterocycles. The lowest BCUT2D eigenvalue weighted by atomic mass is 9.91. The summed E-state index contributed by atoms with van der Waals surface area (Å²) in [5.74, 6) is 0.718. The van der Waals surface area contributed by atoms with Crippen molar-refractivity contribution in [1.29, 1.82) is 0 Å². The summed E-state index contributed by atoms with van der Waals surface area (Å²) in [7, 11) is 0. The number of hydrogen-bond donors (Lipinski definition) is 2. The Morgan fingerprint density at radius 1 is 1.06 bits per heavy atom. The Balaban J connectivity index is 1.55. The second-order valence-electron chi connectivity index (χ2n) is 5.94. The van der Waals surface area contributed by atoms with E-state index in [0.29, 0.717) is 12.6 Å². The van der Waals surface area contributed by atoms with Gasteiger partial charge in [-0.05, 0) is 44.4 Å². The second-order valence-corrected chi connectivity index (χ2v) is 5.94. The largest absolute Gasteiger partial charge is 0.396 e. The summed E-state index contributed by atoms with van der Waals surface area (Å²) in [6.07, 6.45) is 7.84. The van der Waals surface area contributed by atoms with Crippen LogP contribution in [-0.4, -0.2) is 47.8 Å². The molecule has 2 aliphatic carbocycles. The van der Waals surface area contributed by atoms with Crippen LogP contribution in [-0.2, 0) is 0 Å². The van der Waals surface area contributed by atoms with Crippen LogP contribution < -0.4 is 5.32 Å². The molecule has 2 unspecified atom stereocenters. The average Bonchev–Trinajstić information content (AvgIpc) is 3.13. The Bertz CT molecular complexity index is 238. The second kappa shape index (κ2) is 4.63. The Hall–Kier alpha value is -0.120. The molecular formula is C13H24N2O. The van der Waals surface area contributed by atoms with Crippen LogP contribution in [0.5, 0.6) is 0 Å². The topological polar surface area (TPSA) is 35.5 Å². The Morgan fingerprint density at radius 3 is 2.50 bits per heavy atom. The first kappa shape index (κ1) is 11.0. The van der Waals surface area contributed by atoms with E-state index in [1.54, 1.807) is 0 Å². The summed E-state index contributed by atoms with van der Waals surface area (Å²) in [4.78, 5) is 2.67. The number of aliphatic hydroxyl groups is 1. The van der Waals surface area contributed by atoms with E-state index in [-0.39, 0.29) is 0 Å². The summed E-state index contributed by atoms with van der Waals surface area (Å²) >= 11 is 0. The number of rotatable bonds is 5. The lowest BCUT2D eigenvalue weighted by Crippen LogP contribution is -2.50. The molecular weight excluding hydrogens is 200 g/mol. The van der Waals surface area contributed by atoms with E-state index in [2.05, 4.69) is 10.2 Å². The summed E-state index contributed by atoms with van der Waals surface area (Å²) < 4.78 is 0. The van der Waals surface area contributed by atoms with Gasteiger partial charge in [-0.1, -0.05) is 0 Å². The standard InChI is InChI=1S/C13H24N2O/c16-6-5-10-7-12(14-11-1-2-11)9-15(8-10)13-3-4-13/h10-14,16H,1-9H2. The van der Waals surface area contributed by atoms with Crippen LogP contribution in [0, 0.1) is 5.92 Å². The van der Waals surface area contributed by atoms with Gasteiger partial charge in [0.2, 0.25) is 0 Å². The first-order chi connectivity index (χ1) is 7.85. The molecule has 0 radical (unpaired) electrons. The number of likely N-dealkylation sites (tertiary alicyclic amines) is 1. The Labute approximate surface area is 98.2 Å². The highest BCUT2D eigenvalue weighted by molar-refractivity contribution is 4.95. The highest BCUT2D eigenvalue weighted by Gasteiger charge is 2.37. The third-order valence-electron chi connectivity index (χ3n) is 4.21. The maximum absolute atomic E-state index is 9.10. The third-order valence-corrected chi connectivity index (χ3v) is 4.21. The highest BCUT2D eigenvalue weighted by Crippen LogP contribution is 2.32. The zero-order valence-corrected chi connectivity index (χ0v) is 10.1. The van der Waals surface area contributed by atoms with Gasteiger partial charge in [0.15, 0.2) is 0 Å². The monoisotopic (exact) mass is 224 g/mol. The van der Waals surface area contributed by atoms with Gasteiger partial charge in [-0.25, -0.2) is 0 Å². The molecule has 2 atom stereocenters. The van der Waals surface area contributed by atoms with Crippen molar-refractivity contribution in [1.82, 2.24) is 10.2 Å². The molecule has 3 aliphatic rings. The fraction of sp³-hybridized carbons (Fsp3) is 1.00. The Morgan fingerprint density at radius 2 is 1.88 bits per heavy atom. The molecule has 2 saturated carbocycles. The van der Waals surface area contributed by atoms with Crippen molar-refractivity contribution in [2.45, 2.75) is 56.7 Å². The van der Waals surface area contributed by atoms with Gasteiger partial charge in [-0.3, -0.25) is 4.90 Å². The molecule has 0 aromatic rings. The first-order valence-electron chi connectivity index (χ1n) is 6.96. The van der Waals surface area contributed by atoms with Gasteiger partial charge in [0.1, 0.15) is 0 Å². The lowest BCUT2D eigenvalue weighted by Gasteiger charge is -2.38. The van der Waals surface area contributed by atoms with E-state index < -0.39 is 0 Å². The molecule has 2 N–H and O–H groups in total. The van der Waals surface area contributed by atoms with Gasteiger partial charge in [0, 0.05) is 37.8 Å². The van der Waals surface area contributed by atoms with Crippen molar-refractivity contribution in [3.8, 4) is 0 Å². The lowest BCUT2D eigenvalue weighted by molar-refractivity contribution is 0.114. The normalized spacial score (nSPS) is 36.6. The number of nitrogens with zero attached hydrogens (tertiary/aromatic N) is 1. The molecule has 0 amide bonds. The average molecular weight is 224 g/mol. The van der Waals surface area contributed by atoms with Gasteiger partial charge >= 0.3 is 0 Å². The molecule has 3 fully saturated rings. The molecule has 0 spiro atoms. The fourth-order valence-electron chi connectivity index (χ4n) is 3.07.